The van der Waals surface area contributed by atoms with E-state index in [2.05, 4.69) is 15.3 Å². The second-order valence-electron chi connectivity index (χ2n) is 3.56. The molecule has 0 aliphatic rings. The molecule has 0 spiro atoms. The zero-order valence-corrected chi connectivity index (χ0v) is 10.8. The average molecular weight is 268 g/mol. The lowest BCUT2D eigenvalue weighted by Crippen LogP contribution is -2.07. The van der Waals surface area contributed by atoms with Gasteiger partial charge in [-0.05, 0) is 31.3 Å². The Balaban J connectivity index is 2.41. The Morgan fingerprint density at radius 3 is 2.53 bits per heavy atom. The van der Waals surface area contributed by atoms with Crippen LogP contribution in [0.4, 0.5) is 0 Å². The summed E-state index contributed by atoms with van der Waals surface area (Å²) in [4.78, 5) is 8.64. The summed E-state index contributed by atoms with van der Waals surface area (Å²) in [6, 6.07) is 7.15. The molecule has 0 unspecified atom stereocenters. The number of rotatable bonds is 3. The van der Waals surface area contributed by atoms with Gasteiger partial charge in [0.25, 0.3) is 0 Å². The van der Waals surface area contributed by atoms with Crippen molar-refractivity contribution in [2.24, 2.45) is 0 Å². The number of hydrogen-bond acceptors (Lipinski definition) is 3. The summed E-state index contributed by atoms with van der Waals surface area (Å²) in [5.74, 6) is 0.627. The van der Waals surface area contributed by atoms with Gasteiger partial charge in [0, 0.05) is 28.4 Å². The van der Waals surface area contributed by atoms with Crippen molar-refractivity contribution in [3.05, 3.63) is 46.2 Å². The Morgan fingerprint density at radius 1 is 1.18 bits per heavy atom. The second-order valence-corrected chi connectivity index (χ2v) is 4.43. The molecule has 0 saturated heterocycles. The van der Waals surface area contributed by atoms with Gasteiger partial charge in [-0.2, -0.15) is 0 Å². The molecule has 0 amide bonds. The number of aromatic nitrogens is 2. The fourth-order valence-corrected chi connectivity index (χ4v) is 2.02. The molecule has 17 heavy (non-hydrogen) atoms. The van der Waals surface area contributed by atoms with E-state index in [0.717, 1.165) is 11.3 Å². The number of halogens is 2. The zero-order chi connectivity index (χ0) is 12.3. The fourth-order valence-electron chi connectivity index (χ4n) is 1.50. The minimum atomic E-state index is 0.579. The van der Waals surface area contributed by atoms with Crippen molar-refractivity contribution in [2.45, 2.75) is 6.54 Å². The van der Waals surface area contributed by atoms with Crippen LogP contribution in [0.5, 0.6) is 0 Å². The van der Waals surface area contributed by atoms with Crippen LogP contribution in [0.15, 0.2) is 30.5 Å². The van der Waals surface area contributed by atoms with Gasteiger partial charge in [0.2, 0.25) is 0 Å². The molecule has 0 aliphatic heterocycles. The first-order valence-corrected chi connectivity index (χ1v) is 5.87. The van der Waals surface area contributed by atoms with Crippen LogP contribution in [0.1, 0.15) is 5.69 Å². The first-order chi connectivity index (χ1) is 8.19. The van der Waals surface area contributed by atoms with Crippen LogP contribution in [-0.2, 0) is 6.54 Å². The van der Waals surface area contributed by atoms with Gasteiger partial charge in [-0.3, -0.25) is 0 Å². The summed E-state index contributed by atoms with van der Waals surface area (Å²) < 4.78 is 0. The van der Waals surface area contributed by atoms with E-state index in [0.29, 0.717) is 22.4 Å². The lowest BCUT2D eigenvalue weighted by molar-refractivity contribution is 0.788. The number of hydrogen-bond donors (Lipinski definition) is 1. The van der Waals surface area contributed by atoms with E-state index in [4.69, 9.17) is 23.2 Å². The van der Waals surface area contributed by atoms with Crippen molar-refractivity contribution in [1.29, 1.82) is 0 Å². The lowest BCUT2D eigenvalue weighted by atomic mass is 10.2. The molecule has 0 bridgehead atoms. The van der Waals surface area contributed by atoms with Crippen LogP contribution in [0, 0.1) is 0 Å². The summed E-state index contributed by atoms with van der Waals surface area (Å²) in [7, 11) is 1.87. The van der Waals surface area contributed by atoms with E-state index in [9.17, 15) is 0 Å². The van der Waals surface area contributed by atoms with Gasteiger partial charge in [0.1, 0.15) is 0 Å². The molecule has 0 fully saturated rings. The molecule has 0 radical (unpaired) electrons. The van der Waals surface area contributed by atoms with Gasteiger partial charge < -0.3 is 5.32 Å². The van der Waals surface area contributed by atoms with Crippen molar-refractivity contribution in [2.75, 3.05) is 7.05 Å². The molecule has 1 N–H and O–H groups in total. The molecule has 2 rings (SSSR count). The maximum absolute atomic E-state index is 5.95. The Bertz CT molecular complexity index is 509. The van der Waals surface area contributed by atoms with Crippen LogP contribution in [0.25, 0.3) is 11.4 Å². The summed E-state index contributed by atoms with van der Waals surface area (Å²) >= 11 is 11.9. The molecule has 5 heteroatoms. The Labute approximate surface area is 110 Å². The highest BCUT2D eigenvalue weighted by Gasteiger charge is 2.05. The minimum Gasteiger partial charge on any atom is -0.314 e. The van der Waals surface area contributed by atoms with Crippen molar-refractivity contribution in [3.8, 4) is 11.4 Å². The Hall–Kier alpha value is -1.16. The van der Waals surface area contributed by atoms with E-state index >= 15 is 0 Å². The van der Waals surface area contributed by atoms with E-state index < -0.39 is 0 Å². The van der Waals surface area contributed by atoms with Crippen LogP contribution >= 0.6 is 23.2 Å². The summed E-state index contributed by atoms with van der Waals surface area (Å²) in [6.07, 6.45) is 1.73. The maximum atomic E-state index is 5.95. The third kappa shape index (κ3) is 3.16. The van der Waals surface area contributed by atoms with Gasteiger partial charge in [-0.25, -0.2) is 9.97 Å². The van der Waals surface area contributed by atoms with Crippen LogP contribution in [0.3, 0.4) is 0 Å². The van der Waals surface area contributed by atoms with Crippen LogP contribution in [0.2, 0.25) is 10.0 Å². The molecule has 0 atom stereocenters. The monoisotopic (exact) mass is 267 g/mol. The van der Waals surface area contributed by atoms with Gasteiger partial charge in [0.15, 0.2) is 5.82 Å². The SMILES string of the molecule is CNCc1ccnc(-c2cc(Cl)cc(Cl)c2)n1. The van der Waals surface area contributed by atoms with E-state index in [-0.39, 0.29) is 0 Å². The van der Waals surface area contributed by atoms with Crippen molar-refractivity contribution in [1.82, 2.24) is 15.3 Å². The molecule has 2 aromatic rings. The Morgan fingerprint density at radius 2 is 1.88 bits per heavy atom. The van der Waals surface area contributed by atoms with Crippen molar-refractivity contribution in [3.63, 3.8) is 0 Å². The summed E-state index contributed by atoms with van der Waals surface area (Å²) in [5, 5.41) is 4.20. The van der Waals surface area contributed by atoms with Crippen LogP contribution < -0.4 is 5.32 Å². The number of nitrogens with zero attached hydrogens (tertiary/aromatic N) is 2. The average Bonchev–Trinajstić information content (AvgIpc) is 2.28. The topological polar surface area (TPSA) is 37.8 Å². The third-order valence-corrected chi connectivity index (χ3v) is 2.63. The van der Waals surface area contributed by atoms with Gasteiger partial charge in [-0.1, -0.05) is 23.2 Å². The largest absolute Gasteiger partial charge is 0.314 e. The molecule has 0 aliphatic carbocycles. The van der Waals surface area contributed by atoms with Crippen LogP contribution in [-0.4, -0.2) is 17.0 Å². The van der Waals surface area contributed by atoms with Gasteiger partial charge in [0.05, 0.1) is 5.69 Å². The molecule has 1 aromatic carbocycles. The highest BCUT2D eigenvalue weighted by atomic mass is 35.5. The smallest absolute Gasteiger partial charge is 0.159 e. The lowest BCUT2D eigenvalue weighted by Gasteiger charge is -2.04. The van der Waals surface area contributed by atoms with Crippen molar-refractivity contribution < 1.29 is 0 Å². The quantitative estimate of drug-likeness (QED) is 0.929. The summed E-state index contributed by atoms with van der Waals surface area (Å²) in [5.41, 5.74) is 1.74. The zero-order valence-electron chi connectivity index (χ0n) is 9.24. The second kappa shape index (κ2) is 5.45. The first-order valence-electron chi connectivity index (χ1n) is 5.12. The first kappa shape index (κ1) is 12.3. The predicted molar refractivity (Wildman–Crippen MR) is 70.3 cm³/mol. The fraction of sp³-hybridized carbons (Fsp3) is 0.167. The molecule has 1 aromatic heterocycles. The molecule has 3 nitrogen and oxygen atoms in total. The van der Waals surface area contributed by atoms with E-state index in [1.807, 2.05) is 13.1 Å². The standard InChI is InChI=1S/C12H11Cl2N3/c1-15-7-11-2-3-16-12(17-11)8-4-9(13)6-10(14)5-8/h2-6,15H,7H2,1H3. The predicted octanol–water partition coefficient (Wildman–Crippen LogP) is 3.17. The highest BCUT2D eigenvalue weighted by Crippen LogP contribution is 2.24. The molecule has 1 heterocycles. The number of nitrogens with one attached hydrogen (secondary N) is 1. The molecule has 88 valence electrons. The molecular formula is C12H11Cl2N3. The van der Waals surface area contributed by atoms with Gasteiger partial charge >= 0.3 is 0 Å². The normalized spacial score (nSPS) is 10.5. The molecule has 0 saturated carbocycles. The highest BCUT2D eigenvalue weighted by molar-refractivity contribution is 6.35. The van der Waals surface area contributed by atoms with Crippen molar-refractivity contribution >= 4 is 23.2 Å². The molecular weight excluding hydrogens is 257 g/mol. The van der Waals surface area contributed by atoms with Gasteiger partial charge in [-0.15, -0.1) is 0 Å². The number of benzene rings is 1. The Kier molecular flexibility index (Phi) is 3.94. The summed E-state index contributed by atoms with van der Waals surface area (Å²) in [6.45, 7) is 0.698. The minimum absolute atomic E-state index is 0.579. The van der Waals surface area contributed by atoms with E-state index in [1.54, 1.807) is 24.4 Å². The third-order valence-electron chi connectivity index (χ3n) is 2.19. The maximum Gasteiger partial charge on any atom is 0.159 e. The van der Waals surface area contributed by atoms with E-state index in [1.165, 1.54) is 0 Å².